The van der Waals surface area contributed by atoms with Crippen LogP contribution in [0.25, 0.3) is 0 Å². The highest BCUT2D eigenvalue weighted by Crippen LogP contribution is 2.20. The van der Waals surface area contributed by atoms with Gasteiger partial charge in [-0.2, -0.15) is 10.2 Å². The first-order valence-electron chi connectivity index (χ1n) is 7.54. The first-order valence-corrected chi connectivity index (χ1v) is 7.92. The summed E-state index contributed by atoms with van der Waals surface area (Å²) in [6.45, 7) is 6.30. The number of benzene rings is 1. The van der Waals surface area contributed by atoms with E-state index in [1.54, 1.807) is 29.1 Å². The lowest BCUT2D eigenvalue weighted by molar-refractivity contribution is 0.102. The molecule has 0 unspecified atom stereocenters. The van der Waals surface area contributed by atoms with Crippen LogP contribution in [0.15, 0.2) is 36.5 Å². The minimum atomic E-state index is -0.271. The summed E-state index contributed by atoms with van der Waals surface area (Å²) < 4.78 is 3.52. The highest BCUT2D eigenvalue weighted by Gasteiger charge is 2.12. The van der Waals surface area contributed by atoms with E-state index in [1.807, 2.05) is 37.6 Å². The quantitative estimate of drug-likeness (QED) is 0.789. The number of amides is 1. The molecule has 0 aliphatic rings. The van der Waals surface area contributed by atoms with Crippen LogP contribution in [0.5, 0.6) is 0 Å². The third-order valence-electron chi connectivity index (χ3n) is 3.70. The fourth-order valence-corrected chi connectivity index (χ4v) is 2.60. The number of aromatic nitrogens is 4. The zero-order chi connectivity index (χ0) is 17.3. The molecule has 0 bridgehead atoms. The van der Waals surface area contributed by atoms with Gasteiger partial charge in [-0.15, -0.1) is 0 Å². The van der Waals surface area contributed by atoms with E-state index in [9.17, 15) is 4.79 Å². The van der Waals surface area contributed by atoms with Crippen molar-refractivity contribution in [2.24, 2.45) is 0 Å². The van der Waals surface area contributed by atoms with Gasteiger partial charge in [0.25, 0.3) is 5.91 Å². The van der Waals surface area contributed by atoms with Crippen LogP contribution in [0.4, 0.5) is 5.69 Å². The molecule has 1 N–H and O–H groups in total. The SMILES string of the molecule is Cc1cc(C)n(Cn2ccc(C(=O)Nc3cc(Cl)ccc3C)n2)n1. The second-order valence-corrected chi connectivity index (χ2v) is 6.16. The first kappa shape index (κ1) is 16.3. The molecular formula is C17H18ClN5O. The van der Waals surface area contributed by atoms with Crippen molar-refractivity contribution in [2.45, 2.75) is 27.4 Å². The Morgan fingerprint density at radius 2 is 1.96 bits per heavy atom. The molecule has 0 saturated carbocycles. The number of rotatable bonds is 4. The number of nitrogens with one attached hydrogen (secondary N) is 1. The molecule has 1 amide bonds. The molecule has 6 nitrogen and oxygen atoms in total. The van der Waals surface area contributed by atoms with Crippen molar-refractivity contribution in [1.82, 2.24) is 19.6 Å². The van der Waals surface area contributed by atoms with E-state index in [2.05, 4.69) is 15.5 Å². The van der Waals surface area contributed by atoms with E-state index in [4.69, 9.17) is 11.6 Å². The zero-order valence-electron chi connectivity index (χ0n) is 13.7. The molecule has 0 saturated heterocycles. The van der Waals surface area contributed by atoms with Gasteiger partial charge in [-0.1, -0.05) is 17.7 Å². The van der Waals surface area contributed by atoms with Crippen LogP contribution in [0.3, 0.4) is 0 Å². The van der Waals surface area contributed by atoms with E-state index >= 15 is 0 Å². The van der Waals surface area contributed by atoms with Crippen molar-refractivity contribution in [3.8, 4) is 0 Å². The normalized spacial score (nSPS) is 10.8. The molecule has 0 aliphatic carbocycles. The minimum absolute atomic E-state index is 0.271. The van der Waals surface area contributed by atoms with Gasteiger partial charge < -0.3 is 5.32 Å². The Morgan fingerprint density at radius 1 is 1.17 bits per heavy atom. The molecular weight excluding hydrogens is 326 g/mol. The highest BCUT2D eigenvalue weighted by molar-refractivity contribution is 6.31. The monoisotopic (exact) mass is 343 g/mol. The van der Waals surface area contributed by atoms with Gasteiger partial charge >= 0.3 is 0 Å². The number of hydrogen-bond donors (Lipinski definition) is 1. The predicted molar refractivity (Wildman–Crippen MR) is 93.5 cm³/mol. The lowest BCUT2D eigenvalue weighted by Crippen LogP contribution is -2.16. The Kier molecular flexibility index (Phi) is 4.40. The van der Waals surface area contributed by atoms with Gasteiger partial charge in [-0.25, -0.2) is 4.68 Å². The molecule has 0 radical (unpaired) electrons. The number of carbonyl (C=O) groups is 1. The Hall–Kier alpha value is -2.60. The molecule has 0 spiro atoms. The summed E-state index contributed by atoms with van der Waals surface area (Å²) in [6, 6.07) is 9.05. The van der Waals surface area contributed by atoms with Crippen molar-refractivity contribution >= 4 is 23.2 Å². The first-order chi connectivity index (χ1) is 11.4. The average Bonchev–Trinajstić information content (AvgIpc) is 3.10. The van der Waals surface area contributed by atoms with Crippen LogP contribution in [0, 0.1) is 20.8 Å². The van der Waals surface area contributed by atoms with Gasteiger partial charge in [0.15, 0.2) is 5.69 Å². The Labute approximate surface area is 145 Å². The standard InChI is InChI=1S/C17H18ClN5O/c1-11-4-5-14(18)9-16(11)19-17(24)15-6-7-22(21-15)10-23-13(3)8-12(2)20-23/h4-9H,10H2,1-3H3,(H,19,24). The summed E-state index contributed by atoms with van der Waals surface area (Å²) in [7, 11) is 0. The van der Waals surface area contributed by atoms with E-state index in [0.29, 0.717) is 23.1 Å². The maximum atomic E-state index is 12.4. The van der Waals surface area contributed by atoms with Crippen LogP contribution in [0.1, 0.15) is 27.4 Å². The minimum Gasteiger partial charge on any atom is -0.320 e. The molecule has 0 fully saturated rings. The molecule has 2 aromatic heterocycles. The molecule has 2 heterocycles. The third kappa shape index (κ3) is 3.49. The third-order valence-corrected chi connectivity index (χ3v) is 3.94. The fraction of sp³-hybridized carbons (Fsp3) is 0.235. The van der Waals surface area contributed by atoms with Crippen molar-refractivity contribution in [3.63, 3.8) is 0 Å². The zero-order valence-corrected chi connectivity index (χ0v) is 14.5. The van der Waals surface area contributed by atoms with Crippen molar-refractivity contribution < 1.29 is 4.79 Å². The largest absolute Gasteiger partial charge is 0.320 e. The lowest BCUT2D eigenvalue weighted by Gasteiger charge is -2.07. The molecule has 3 rings (SSSR count). The number of anilines is 1. The summed E-state index contributed by atoms with van der Waals surface area (Å²) >= 11 is 5.98. The summed E-state index contributed by atoms with van der Waals surface area (Å²) in [6.07, 6.45) is 1.76. The number of halogens is 1. The molecule has 124 valence electrons. The summed E-state index contributed by atoms with van der Waals surface area (Å²) in [4.78, 5) is 12.4. The van der Waals surface area contributed by atoms with Crippen LogP contribution in [0.2, 0.25) is 5.02 Å². The highest BCUT2D eigenvalue weighted by atomic mass is 35.5. The Bertz CT molecular complexity index is 896. The summed E-state index contributed by atoms with van der Waals surface area (Å²) in [5, 5.41) is 12.1. The Morgan fingerprint density at radius 3 is 2.67 bits per heavy atom. The van der Waals surface area contributed by atoms with Crippen molar-refractivity contribution in [1.29, 1.82) is 0 Å². The van der Waals surface area contributed by atoms with Crippen LogP contribution in [-0.4, -0.2) is 25.5 Å². The van der Waals surface area contributed by atoms with Crippen molar-refractivity contribution in [3.05, 3.63) is 64.2 Å². The van der Waals surface area contributed by atoms with Gasteiger partial charge in [-0.05, 0) is 50.6 Å². The topological polar surface area (TPSA) is 64.7 Å². The van der Waals surface area contributed by atoms with Crippen LogP contribution < -0.4 is 5.32 Å². The van der Waals surface area contributed by atoms with Gasteiger partial charge in [0.2, 0.25) is 0 Å². The summed E-state index contributed by atoms with van der Waals surface area (Å²) in [5.41, 5.74) is 3.96. The maximum Gasteiger partial charge on any atom is 0.276 e. The molecule has 0 aliphatic heterocycles. The second-order valence-electron chi connectivity index (χ2n) is 5.72. The van der Waals surface area contributed by atoms with E-state index in [1.165, 1.54) is 0 Å². The predicted octanol–water partition coefficient (Wildman–Crippen LogP) is 3.42. The number of nitrogens with zero attached hydrogens (tertiary/aromatic N) is 4. The number of hydrogen-bond acceptors (Lipinski definition) is 3. The molecule has 1 aromatic carbocycles. The molecule has 3 aromatic rings. The van der Waals surface area contributed by atoms with Crippen LogP contribution in [-0.2, 0) is 6.67 Å². The molecule has 0 atom stereocenters. The van der Waals surface area contributed by atoms with Gasteiger partial charge in [0.05, 0.1) is 5.69 Å². The lowest BCUT2D eigenvalue weighted by atomic mass is 10.2. The van der Waals surface area contributed by atoms with E-state index in [0.717, 1.165) is 17.0 Å². The van der Waals surface area contributed by atoms with Crippen LogP contribution >= 0.6 is 11.6 Å². The van der Waals surface area contributed by atoms with Gasteiger partial charge in [0.1, 0.15) is 6.67 Å². The molecule has 24 heavy (non-hydrogen) atoms. The fourth-order valence-electron chi connectivity index (χ4n) is 2.43. The number of carbonyl (C=O) groups excluding carboxylic acids is 1. The van der Waals surface area contributed by atoms with Crippen molar-refractivity contribution in [2.75, 3.05) is 5.32 Å². The Balaban J connectivity index is 1.74. The molecule has 7 heteroatoms. The van der Waals surface area contributed by atoms with Gasteiger partial charge in [-0.3, -0.25) is 9.48 Å². The van der Waals surface area contributed by atoms with E-state index in [-0.39, 0.29) is 5.91 Å². The maximum absolute atomic E-state index is 12.4. The second kappa shape index (κ2) is 6.49. The van der Waals surface area contributed by atoms with E-state index < -0.39 is 0 Å². The summed E-state index contributed by atoms with van der Waals surface area (Å²) in [5.74, 6) is -0.271. The smallest absolute Gasteiger partial charge is 0.276 e. The average molecular weight is 344 g/mol. The number of aryl methyl sites for hydroxylation is 3. The van der Waals surface area contributed by atoms with Gasteiger partial charge in [0, 0.05) is 22.6 Å².